The first kappa shape index (κ1) is 14.1. The number of rotatable bonds is 4. The van der Waals surface area contributed by atoms with Crippen LogP contribution in [0.2, 0.25) is 0 Å². The molecule has 0 bridgehead atoms. The summed E-state index contributed by atoms with van der Waals surface area (Å²) >= 11 is 3.59. The van der Waals surface area contributed by atoms with Crippen molar-refractivity contribution in [2.24, 2.45) is 0 Å². The number of methoxy groups -OCH3 is 1. The Labute approximate surface area is 122 Å². The average molecular weight is 320 g/mol. The largest absolute Gasteiger partial charge is 0.497 e. The maximum atomic E-state index is 5.20. The van der Waals surface area contributed by atoms with Crippen molar-refractivity contribution < 1.29 is 4.74 Å². The first-order valence-corrected chi connectivity index (χ1v) is 7.02. The molecule has 1 unspecified atom stereocenters. The normalized spacial score (nSPS) is 12.2. The van der Waals surface area contributed by atoms with E-state index in [9.17, 15) is 0 Å². The van der Waals surface area contributed by atoms with Gasteiger partial charge < -0.3 is 10.1 Å². The molecule has 2 nitrogen and oxygen atoms in total. The highest BCUT2D eigenvalue weighted by Gasteiger charge is 2.12. The molecule has 1 N–H and O–H groups in total. The van der Waals surface area contributed by atoms with Gasteiger partial charge in [0, 0.05) is 4.47 Å². The number of aryl methyl sites for hydroxylation is 1. The molecule has 100 valence electrons. The van der Waals surface area contributed by atoms with Gasteiger partial charge in [-0.2, -0.15) is 0 Å². The number of benzene rings is 2. The fourth-order valence-electron chi connectivity index (χ4n) is 2.11. The van der Waals surface area contributed by atoms with Gasteiger partial charge in [-0.25, -0.2) is 0 Å². The minimum absolute atomic E-state index is 0.183. The first-order valence-electron chi connectivity index (χ1n) is 6.23. The van der Waals surface area contributed by atoms with Crippen molar-refractivity contribution in [1.82, 2.24) is 5.32 Å². The zero-order valence-electron chi connectivity index (χ0n) is 11.4. The molecule has 19 heavy (non-hydrogen) atoms. The minimum atomic E-state index is 0.183. The second-order valence-corrected chi connectivity index (χ2v) is 5.36. The van der Waals surface area contributed by atoms with Gasteiger partial charge in [0.25, 0.3) is 0 Å². The van der Waals surface area contributed by atoms with E-state index in [4.69, 9.17) is 4.74 Å². The molecule has 1 atom stereocenters. The maximum absolute atomic E-state index is 5.20. The number of ether oxygens (including phenoxy) is 1. The van der Waals surface area contributed by atoms with Crippen LogP contribution in [0.5, 0.6) is 5.75 Å². The number of halogens is 1. The predicted octanol–water partition coefficient (Wildman–Crippen LogP) is 4.07. The van der Waals surface area contributed by atoms with E-state index in [1.807, 2.05) is 19.2 Å². The first-order chi connectivity index (χ1) is 9.15. The summed E-state index contributed by atoms with van der Waals surface area (Å²) in [6.45, 7) is 2.09. The van der Waals surface area contributed by atoms with Crippen LogP contribution in [0.1, 0.15) is 22.7 Å². The van der Waals surface area contributed by atoms with Crippen LogP contribution in [0.15, 0.2) is 46.9 Å². The van der Waals surface area contributed by atoms with Gasteiger partial charge in [-0.15, -0.1) is 0 Å². The molecule has 0 radical (unpaired) electrons. The summed E-state index contributed by atoms with van der Waals surface area (Å²) in [5.74, 6) is 0.878. The van der Waals surface area contributed by atoms with Crippen LogP contribution in [-0.4, -0.2) is 14.2 Å². The SMILES string of the molecule is CNC(c1ccc(OC)cc1)c1ccc(C)c(Br)c1. The molecule has 2 aromatic rings. The minimum Gasteiger partial charge on any atom is -0.497 e. The molecule has 3 heteroatoms. The highest BCUT2D eigenvalue weighted by atomic mass is 79.9. The van der Waals surface area contributed by atoms with Gasteiger partial charge in [0.15, 0.2) is 0 Å². The van der Waals surface area contributed by atoms with Crippen LogP contribution in [0, 0.1) is 6.92 Å². The van der Waals surface area contributed by atoms with E-state index in [2.05, 4.69) is 58.5 Å². The van der Waals surface area contributed by atoms with Crippen molar-refractivity contribution in [2.75, 3.05) is 14.2 Å². The van der Waals surface area contributed by atoms with Crippen LogP contribution < -0.4 is 10.1 Å². The van der Waals surface area contributed by atoms with Gasteiger partial charge in [0.05, 0.1) is 13.2 Å². The van der Waals surface area contributed by atoms with Gasteiger partial charge in [0.2, 0.25) is 0 Å². The summed E-state index contributed by atoms with van der Waals surface area (Å²) in [7, 11) is 3.66. The fourth-order valence-corrected chi connectivity index (χ4v) is 2.51. The number of hydrogen-bond donors (Lipinski definition) is 1. The number of hydrogen-bond acceptors (Lipinski definition) is 2. The number of nitrogens with one attached hydrogen (secondary N) is 1. The van der Waals surface area contributed by atoms with Gasteiger partial charge in [0.1, 0.15) is 5.75 Å². The Balaban J connectivity index is 2.34. The Morgan fingerprint density at radius 3 is 2.21 bits per heavy atom. The van der Waals surface area contributed by atoms with E-state index in [1.54, 1.807) is 7.11 Å². The van der Waals surface area contributed by atoms with Gasteiger partial charge in [-0.05, 0) is 48.9 Å². The van der Waals surface area contributed by atoms with E-state index < -0.39 is 0 Å². The zero-order chi connectivity index (χ0) is 13.8. The van der Waals surface area contributed by atoms with Gasteiger partial charge in [-0.3, -0.25) is 0 Å². The molecule has 2 rings (SSSR count). The molecule has 0 aliphatic heterocycles. The molecule has 0 saturated heterocycles. The molecule has 0 aliphatic carbocycles. The quantitative estimate of drug-likeness (QED) is 0.917. The second kappa shape index (κ2) is 6.22. The molecular formula is C16H18BrNO. The van der Waals surface area contributed by atoms with Crippen LogP contribution in [0.4, 0.5) is 0 Å². The van der Waals surface area contributed by atoms with Crippen molar-refractivity contribution in [1.29, 1.82) is 0 Å². The Kier molecular flexibility index (Phi) is 4.61. The van der Waals surface area contributed by atoms with Crippen molar-refractivity contribution in [3.63, 3.8) is 0 Å². The molecule has 0 saturated carbocycles. The predicted molar refractivity (Wildman–Crippen MR) is 82.8 cm³/mol. The van der Waals surface area contributed by atoms with Crippen LogP contribution in [-0.2, 0) is 0 Å². The maximum Gasteiger partial charge on any atom is 0.118 e. The van der Waals surface area contributed by atoms with Gasteiger partial charge >= 0.3 is 0 Å². The fraction of sp³-hybridized carbons (Fsp3) is 0.250. The third-order valence-electron chi connectivity index (χ3n) is 3.27. The monoisotopic (exact) mass is 319 g/mol. The topological polar surface area (TPSA) is 21.3 Å². The van der Waals surface area contributed by atoms with Crippen molar-refractivity contribution in [2.45, 2.75) is 13.0 Å². The lowest BCUT2D eigenvalue weighted by atomic mass is 9.98. The van der Waals surface area contributed by atoms with Crippen molar-refractivity contribution in [3.05, 3.63) is 63.6 Å². The zero-order valence-corrected chi connectivity index (χ0v) is 13.0. The lowest BCUT2D eigenvalue weighted by molar-refractivity contribution is 0.414. The highest BCUT2D eigenvalue weighted by molar-refractivity contribution is 9.10. The molecular weight excluding hydrogens is 302 g/mol. The lowest BCUT2D eigenvalue weighted by Gasteiger charge is -2.18. The average Bonchev–Trinajstić information content (AvgIpc) is 2.44. The standard InChI is InChI=1S/C16H18BrNO/c1-11-4-5-13(10-15(11)17)16(18-2)12-6-8-14(19-3)9-7-12/h4-10,16,18H,1-3H3. The molecule has 0 amide bonds. The van der Waals surface area contributed by atoms with Crippen molar-refractivity contribution in [3.8, 4) is 5.75 Å². The lowest BCUT2D eigenvalue weighted by Crippen LogP contribution is -2.17. The van der Waals surface area contributed by atoms with Crippen molar-refractivity contribution >= 4 is 15.9 Å². The Morgan fingerprint density at radius 2 is 1.68 bits per heavy atom. The summed E-state index contributed by atoms with van der Waals surface area (Å²) in [5.41, 5.74) is 3.71. The summed E-state index contributed by atoms with van der Waals surface area (Å²) in [5, 5.41) is 3.36. The summed E-state index contributed by atoms with van der Waals surface area (Å²) in [6.07, 6.45) is 0. The smallest absolute Gasteiger partial charge is 0.118 e. The summed E-state index contributed by atoms with van der Waals surface area (Å²) < 4.78 is 6.33. The Hall–Kier alpha value is -1.32. The molecule has 0 fully saturated rings. The van der Waals surface area contributed by atoms with E-state index in [0.29, 0.717) is 0 Å². The van der Waals surface area contributed by atoms with Crippen LogP contribution in [0.25, 0.3) is 0 Å². The van der Waals surface area contributed by atoms with Crippen LogP contribution in [0.3, 0.4) is 0 Å². The molecule has 0 spiro atoms. The van der Waals surface area contributed by atoms with E-state index in [-0.39, 0.29) is 6.04 Å². The summed E-state index contributed by atoms with van der Waals surface area (Å²) in [4.78, 5) is 0. The van der Waals surface area contributed by atoms with E-state index in [0.717, 1.165) is 10.2 Å². The highest BCUT2D eigenvalue weighted by Crippen LogP contribution is 2.27. The molecule has 2 aromatic carbocycles. The van der Waals surface area contributed by atoms with E-state index >= 15 is 0 Å². The molecule has 0 aromatic heterocycles. The Bertz CT molecular complexity index is 551. The van der Waals surface area contributed by atoms with Crippen LogP contribution >= 0.6 is 15.9 Å². The third-order valence-corrected chi connectivity index (χ3v) is 4.12. The Morgan fingerprint density at radius 1 is 1.05 bits per heavy atom. The van der Waals surface area contributed by atoms with E-state index in [1.165, 1.54) is 16.7 Å². The third kappa shape index (κ3) is 3.17. The summed E-state index contributed by atoms with van der Waals surface area (Å²) in [6, 6.07) is 14.8. The second-order valence-electron chi connectivity index (χ2n) is 4.50. The van der Waals surface area contributed by atoms with Gasteiger partial charge in [-0.1, -0.05) is 40.2 Å². The molecule has 0 heterocycles. The molecule has 0 aliphatic rings.